The van der Waals surface area contributed by atoms with Gasteiger partial charge in [0.1, 0.15) is 0 Å². The molecule has 0 aromatic heterocycles. The highest BCUT2D eigenvalue weighted by Gasteiger charge is 2.20. The molecule has 0 heterocycles. The highest BCUT2D eigenvalue weighted by atomic mass is 14.3. The molecule has 0 aliphatic heterocycles. The molecule has 0 radical (unpaired) electrons. The lowest BCUT2D eigenvalue weighted by Gasteiger charge is -2.18. The largest absolute Gasteiger partial charge is 0.0880 e. The van der Waals surface area contributed by atoms with Gasteiger partial charge in [-0.3, -0.25) is 0 Å². The zero-order valence-electron chi connectivity index (χ0n) is 6.59. The van der Waals surface area contributed by atoms with Crippen LogP contribution in [0.5, 0.6) is 0 Å². The quantitative estimate of drug-likeness (QED) is 0.471. The molecule has 1 aliphatic carbocycles. The summed E-state index contributed by atoms with van der Waals surface area (Å²) in [6.45, 7) is 6.94. The molecule has 0 saturated carbocycles. The Balaban J connectivity index is 2.45. The van der Waals surface area contributed by atoms with Gasteiger partial charge in [-0.1, -0.05) is 32.9 Å². The topological polar surface area (TPSA) is 0 Å². The Morgan fingerprint density at radius 2 is 2.11 bits per heavy atom. The molecular formula is C9H16. The van der Waals surface area contributed by atoms with Gasteiger partial charge in [-0.2, -0.15) is 0 Å². The average molecular weight is 124 g/mol. The lowest BCUT2D eigenvalue weighted by Crippen LogP contribution is -2.11. The summed E-state index contributed by atoms with van der Waals surface area (Å²) in [6, 6.07) is 0. The van der Waals surface area contributed by atoms with Crippen LogP contribution in [-0.2, 0) is 0 Å². The maximum Gasteiger partial charge on any atom is -0.0228 e. The fraction of sp³-hybridized carbons (Fsp3) is 0.778. The van der Waals surface area contributed by atoms with E-state index >= 15 is 0 Å². The molecule has 0 fully saturated rings. The molecule has 0 amide bonds. The summed E-state index contributed by atoms with van der Waals surface area (Å²) in [4.78, 5) is 0. The molecule has 2 unspecified atom stereocenters. The van der Waals surface area contributed by atoms with E-state index in [0.29, 0.717) is 0 Å². The fourth-order valence-corrected chi connectivity index (χ4v) is 1.69. The first-order valence-electron chi connectivity index (χ1n) is 3.88. The summed E-state index contributed by atoms with van der Waals surface area (Å²) < 4.78 is 0. The van der Waals surface area contributed by atoms with E-state index in [-0.39, 0.29) is 0 Å². The molecule has 0 nitrogen and oxygen atoms in total. The lowest BCUT2D eigenvalue weighted by atomic mass is 9.87. The van der Waals surface area contributed by atoms with Crippen molar-refractivity contribution in [1.29, 1.82) is 0 Å². The normalized spacial score (nSPS) is 34.2. The lowest BCUT2D eigenvalue weighted by molar-refractivity contribution is 0.335. The molecule has 52 valence electrons. The van der Waals surface area contributed by atoms with Gasteiger partial charge < -0.3 is 0 Å². The molecule has 0 heteroatoms. The second-order valence-corrected chi connectivity index (χ2v) is 3.43. The van der Waals surface area contributed by atoms with E-state index in [1.165, 1.54) is 6.42 Å². The molecule has 1 aliphatic rings. The summed E-state index contributed by atoms with van der Waals surface area (Å²) in [5, 5.41) is 0. The third-order valence-electron chi connectivity index (χ3n) is 2.38. The van der Waals surface area contributed by atoms with Gasteiger partial charge in [0.25, 0.3) is 0 Å². The summed E-state index contributed by atoms with van der Waals surface area (Å²) >= 11 is 0. The van der Waals surface area contributed by atoms with E-state index in [4.69, 9.17) is 0 Å². The first-order valence-corrected chi connectivity index (χ1v) is 3.88. The number of hydrogen-bond donors (Lipinski definition) is 0. The molecule has 0 bridgehead atoms. The van der Waals surface area contributed by atoms with Crippen molar-refractivity contribution in [3.05, 3.63) is 12.2 Å². The van der Waals surface area contributed by atoms with Gasteiger partial charge in [-0.15, -0.1) is 0 Å². The van der Waals surface area contributed by atoms with Gasteiger partial charge in [0, 0.05) is 0 Å². The third-order valence-corrected chi connectivity index (χ3v) is 2.38. The van der Waals surface area contributed by atoms with Gasteiger partial charge in [0.15, 0.2) is 0 Å². The van der Waals surface area contributed by atoms with Crippen molar-refractivity contribution < 1.29 is 0 Å². The Morgan fingerprint density at radius 1 is 1.44 bits per heavy atom. The van der Waals surface area contributed by atoms with Gasteiger partial charge in [-0.05, 0) is 24.2 Å². The molecular weight excluding hydrogens is 108 g/mol. The first-order chi connectivity index (χ1) is 4.22. The van der Waals surface area contributed by atoms with Crippen molar-refractivity contribution in [2.45, 2.75) is 27.2 Å². The van der Waals surface area contributed by atoms with Crippen molar-refractivity contribution >= 4 is 0 Å². The number of rotatable bonds is 1. The Bertz CT molecular complexity index is 111. The van der Waals surface area contributed by atoms with Crippen molar-refractivity contribution in [1.82, 2.24) is 0 Å². The summed E-state index contributed by atoms with van der Waals surface area (Å²) in [7, 11) is 0. The minimum absolute atomic E-state index is 0.824. The molecule has 0 spiro atoms. The van der Waals surface area contributed by atoms with E-state index in [0.717, 1.165) is 17.8 Å². The fourth-order valence-electron chi connectivity index (χ4n) is 1.69. The number of hydrogen-bond acceptors (Lipinski definition) is 0. The van der Waals surface area contributed by atoms with Crippen LogP contribution in [0, 0.1) is 17.8 Å². The monoisotopic (exact) mass is 124 g/mol. The molecule has 2 atom stereocenters. The minimum atomic E-state index is 0.824. The summed E-state index contributed by atoms with van der Waals surface area (Å²) in [6.07, 6.45) is 5.96. The van der Waals surface area contributed by atoms with Crippen LogP contribution in [0.2, 0.25) is 0 Å². The van der Waals surface area contributed by atoms with Crippen LogP contribution in [0.3, 0.4) is 0 Å². The van der Waals surface area contributed by atoms with Crippen LogP contribution in [0.25, 0.3) is 0 Å². The van der Waals surface area contributed by atoms with Crippen molar-refractivity contribution in [3.8, 4) is 0 Å². The Hall–Kier alpha value is -0.260. The highest BCUT2D eigenvalue weighted by molar-refractivity contribution is 4.99. The van der Waals surface area contributed by atoms with Crippen LogP contribution in [0.4, 0.5) is 0 Å². The van der Waals surface area contributed by atoms with Crippen LogP contribution >= 0.6 is 0 Å². The zero-order valence-corrected chi connectivity index (χ0v) is 6.59. The van der Waals surface area contributed by atoms with E-state index in [2.05, 4.69) is 32.9 Å². The Labute approximate surface area is 58.0 Å². The minimum Gasteiger partial charge on any atom is -0.0880 e. The second-order valence-electron chi connectivity index (χ2n) is 3.43. The standard InChI is InChI=1S/C9H16/c1-7(2)9-6-4-5-8(9)3/h4-5,7-9H,6H2,1-3H3. The van der Waals surface area contributed by atoms with Crippen LogP contribution in [0.1, 0.15) is 27.2 Å². The Kier molecular flexibility index (Phi) is 1.94. The molecule has 0 saturated heterocycles. The van der Waals surface area contributed by atoms with Crippen LogP contribution < -0.4 is 0 Å². The highest BCUT2D eigenvalue weighted by Crippen LogP contribution is 2.30. The number of allylic oxidation sites excluding steroid dienone is 2. The van der Waals surface area contributed by atoms with Gasteiger partial charge in [0.05, 0.1) is 0 Å². The molecule has 1 rings (SSSR count). The van der Waals surface area contributed by atoms with Gasteiger partial charge in [0.2, 0.25) is 0 Å². The molecule has 0 aromatic rings. The average Bonchev–Trinajstić information content (AvgIpc) is 2.13. The van der Waals surface area contributed by atoms with Crippen molar-refractivity contribution in [3.63, 3.8) is 0 Å². The van der Waals surface area contributed by atoms with E-state index in [9.17, 15) is 0 Å². The van der Waals surface area contributed by atoms with Crippen LogP contribution in [-0.4, -0.2) is 0 Å². The van der Waals surface area contributed by atoms with Crippen LogP contribution in [0.15, 0.2) is 12.2 Å². The SMILES string of the molecule is CC(C)C1CC=CC1C. The molecule has 0 aromatic carbocycles. The summed E-state index contributed by atoms with van der Waals surface area (Å²) in [5.74, 6) is 2.60. The van der Waals surface area contributed by atoms with E-state index in [1.807, 2.05) is 0 Å². The smallest absolute Gasteiger partial charge is 0.0228 e. The zero-order chi connectivity index (χ0) is 6.85. The third kappa shape index (κ3) is 1.35. The first kappa shape index (κ1) is 6.85. The van der Waals surface area contributed by atoms with Crippen molar-refractivity contribution in [2.75, 3.05) is 0 Å². The Morgan fingerprint density at radius 3 is 2.33 bits per heavy atom. The second kappa shape index (κ2) is 2.55. The van der Waals surface area contributed by atoms with Gasteiger partial charge >= 0.3 is 0 Å². The van der Waals surface area contributed by atoms with Gasteiger partial charge in [-0.25, -0.2) is 0 Å². The maximum absolute atomic E-state index is 2.34. The predicted octanol–water partition coefficient (Wildman–Crippen LogP) is 2.85. The van der Waals surface area contributed by atoms with E-state index < -0.39 is 0 Å². The molecule has 9 heavy (non-hydrogen) atoms. The van der Waals surface area contributed by atoms with Crippen molar-refractivity contribution in [2.24, 2.45) is 17.8 Å². The predicted molar refractivity (Wildman–Crippen MR) is 41.2 cm³/mol. The molecule has 0 N–H and O–H groups in total. The summed E-state index contributed by atoms with van der Waals surface area (Å²) in [5.41, 5.74) is 0. The van der Waals surface area contributed by atoms with E-state index in [1.54, 1.807) is 0 Å². The maximum atomic E-state index is 2.34.